The Morgan fingerprint density at radius 1 is 1.50 bits per heavy atom. The molecule has 3 nitrogen and oxygen atoms in total. The zero-order chi connectivity index (χ0) is 12.1. The number of hydrogen-bond donors (Lipinski definition) is 1. The summed E-state index contributed by atoms with van der Waals surface area (Å²) in [4.78, 5) is 10.6. The van der Waals surface area contributed by atoms with E-state index in [0.29, 0.717) is 0 Å². The first-order valence-corrected chi connectivity index (χ1v) is 5.06. The summed E-state index contributed by atoms with van der Waals surface area (Å²) in [5.41, 5.74) is 3.93. The van der Waals surface area contributed by atoms with Crippen molar-refractivity contribution in [1.82, 2.24) is 0 Å². The fourth-order valence-corrected chi connectivity index (χ4v) is 1.62. The van der Waals surface area contributed by atoms with Crippen molar-refractivity contribution in [2.75, 3.05) is 7.11 Å². The first-order valence-electron chi connectivity index (χ1n) is 5.06. The number of carboxylic acids is 1. The summed E-state index contributed by atoms with van der Waals surface area (Å²) in [6.45, 7) is 3.93. The molecule has 0 saturated heterocycles. The van der Waals surface area contributed by atoms with E-state index >= 15 is 0 Å². The Morgan fingerprint density at radius 2 is 2.19 bits per heavy atom. The second kappa shape index (κ2) is 5.35. The minimum atomic E-state index is -0.817. The predicted molar refractivity (Wildman–Crippen MR) is 63.2 cm³/mol. The van der Waals surface area contributed by atoms with Crippen molar-refractivity contribution in [3.8, 4) is 0 Å². The molecule has 0 atom stereocenters. The highest BCUT2D eigenvalue weighted by Gasteiger charge is 2.05. The Labute approximate surface area is 95.4 Å². The third-order valence-electron chi connectivity index (χ3n) is 2.38. The molecular weight excluding hydrogens is 204 g/mol. The number of methoxy groups -OCH3 is 1. The van der Waals surface area contributed by atoms with Crippen molar-refractivity contribution in [1.29, 1.82) is 0 Å². The van der Waals surface area contributed by atoms with Gasteiger partial charge in [-0.05, 0) is 36.1 Å². The van der Waals surface area contributed by atoms with Crippen LogP contribution in [0.15, 0.2) is 24.5 Å². The maximum Gasteiger partial charge on any atom is 0.307 e. The van der Waals surface area contributed by atoms with E-state index in [-0.39, 0.29) is 6.42 Å². The number of carboxylic acid groups (broad SMARTS) is 1. The lowest BCUT2D eigenvalue weighted by Gasteiger charge is -2.08. The van der Waals surface area contributed by atoms with E-state index in [9.17, 15) is 4.79 Å². The SMILES string of the molecule is COC=C(C)c1cc(CC(=O)O)ccc1C. The van der Waals surface area contributed by atoms with Crippen molar-refractivity contribution in [2.24, 2.45) is 0 Å². The van der Waals surface area contributed by atoms with Crippen LogP contribution in [-0.4, -0.2) is 18.2 Å². The molecule has 0 aromatic heterocycles. The van der Waals surface area contributed by atoms with E-state index in [1.54, 1.807) is 13.4 Å². The number of hydrogen-bond acceptors (Lipinski definition) is 2. The van der Waals surface area contributed by atoms with Crippen molar-refractivity contribution < 1.29 is 14.6 Å². The maximum atomic E-state index is 10.6. The molecule has 1 aromatic carbocycles. The quantitative estimate of drug-likeness (QED) is 0.793. The zero-order valence-corrected chi connectivity index (χ0v) is 9.78. The molecule has 0 aliphatic carbocycles. The van der Waals surface area contributed by atoms with Gasteiger partial charge in [-0.3, -0.25) is 4.79 Å². The van der Waals surface area contributed by atoms with Crippen LogP contribution < -0.4 is 0 Å². The fourth-order valence-electron chi connectivity index (χ4n) is 1.62. The first-order chi connectivity index (χ1) is 7.54. The van der Waals surface area contributed by atoms with Crippen LogP contribution >= 0.6 is 0 Å². The first kappa shape index (κ1) is 12.3. The summed E-state index contributed by atoms with van der Waals surface area (Å²) >= 11 is 0. The van der Waals surface area contributed by atoms with Gasteiger partial charge in [0.15, 0.2) is 0 Å². The van der Waals surface area contributed by atoms with Crippen molar-refractivity contribution in [3.63, 3.8) is 0 Å². The topological polar surface area (TPSA) is 46.5 Å². The van der Waals surface area contributed by atoms with E-state index in [4.69, 9.17) is 9.84 Å². The van der Waals surface area contributed by atoms with Gasteiger partial charge in [-0.15, -0.1) is 0 Å². The molecule has 0 radical (unpaired) electrons. The molecular formula is C13H16O3. The van der Waals surface area contributed by atoms with E-state index < -0.39 is 5.97 Å². The van der Waals surface area contributed by atoms with Gasteiger partial charge in [0, 0.05) is 0 Å². The van der Waals surface area contributed by atoms with Crippen LogP contribution in [0.25, 0.3) is 5.57 Å². The van der Waals surface area contributed by atoms with Crippen LogP contribution in [-0.2, 0) is 16.0 Å². The standard InChI is InChI=1S/C13H16O3/c1-9-4-5-11(7-13(14)15)6-12(9)10(2)8-16-3/h4-6,8H,7H2,1-3H3,(H,14,15). The van der Waals surface area contributed by atoms with Crippen LogP contribution in [0.4, 0.5) is 0 Å². The van der Waals surface area contributed by atoms with Crippen LogP contribution in [0, 0.1) is 6.92 Å². The third kappa shape index (κ3) is 3.12. The predicted octanol–water partition coefficient (Wildman–Crippen LogP) is 2.63. The lowest BCUT2D eigenvalue weighted by atomic mass is 9.98. The highest BCUT2D eigenvalue weighted by Crippen LogP contribution is 2.20. The Bertz CT molecular complexity index is 419. The molecule has 0 bridgehead atoms. The molecule has 0 heterocycles. The molecule has 0 aliphatic rings. The minimum Gasteiger partial charge on any atom is -0.504 e. The lowest BCUT2D eigenvalue weighted by Crippen LogP contribution is -2.01. The number of aryl methyl sites for hydroxylation is 1. The van der Waals surface area contributed by atoms with Gasteiger partial charge in [-0.1, -0.05) is 18.2 Å². The third-order valence-corrected chi connectivity index (χ3v) is 2.38. The molecule has 1 aromatic rings. The number of aliphatic carboxylic acids is 1. The maximum absolute atomic E-state index is 10.6. The van der Waals surface area contributed by atoms with E-state index in [1.165, 1.54) is 0 Å². The number of carbonyl (C=O) groups is 1. The average molecular weight is 220 g/mol. The number of ether oxygens (including phenoxy) is 1. The zero-order valence-electron chi connectivity index (χ0n) is 9.78. The van der Waals surface area contributed by atoms with Gasteiger partial charge in [0.2, 0.25) is 0 Å². The normalized spacial score (nSPS) is 11.3. The number of benzene rings is 1. The summed E-state index contributed by atoms with van der Waals surface area (Å²) in [5.74, 6) is -0.817. The van der Waals surface area contributed by atoms with Gasteiger partial charge < -0.3 is 9.84 Å². The molecule has 86 valence electrons. The highest BCUT2D eigenvalue weighted by molar-refractivity contribution is 5.72. The molecule has 0 fully saturated rings. The second-order valence-electron chi connectivity index (χ2n) is 3.76. The molecule has 1 rings (SSSR count). The van der Waals surface area contributed by atoms with E-state index in [1.807, 2.05) is 32.0 Å². The minimum absolute atomic E-state index is 0.0491. The van der Waals surface area contributed by atoms with Crippen molar-refractivity contribution in [3.05, 3.63) is 41.2 Å². The molecule has 0 amide bonds. The molecule has 0 spiro atoms. The summed E-state index contributed by atoms with van der Waals surface area (Å²) in [6.07, 6.45) is 1.71. The Balaban J connectivity index is 3.08. The molecule has 0 unspecified atom stereocenters. The molecule has 0 saturated carbocycles. The fraction of sp³-hybridized carbons (Fsp3) is 0.308. The highest BCUT2D eigenvalue weighted by atomic mass is 16.5. The number of rotatable bonds is 4. The summed E-state index contributed by atoms with van der Waals surface area (Å²) in [7, 11) is 1.60. The van der Waals surface area contributed by atoms with Gasteiger partial charge >= 0.3 is 5.97 Å². The van der Waals surface area contributed by atoms with Crippen LogP contribution in [0.1, 0.15) is 23.6 Å². The van der Waals surface area contributed by atoms with Gasteiger partial charge in [0.05, 0.1) is 19.8 Å². The largest absolute Gasteiger partial charge is 0.504 e. The van der Waals surface area contributed by atoms with Gasteiger partial charge in [-0.2, -0.15) is 0 Å². The summed E-state index contributed by atoms with van der Waals surface area (Å²) in [5, 5.41) is 8.73. The molecule has 0 aliphatic heterocycles. The van der Waals surface area contributed by atoms with Crippen molar-refractivity contribution in [2.45, 2.75) is 20.3 Å². The summed E-state index contributed by atoms with van der Waals surface area (Å²) < 4.78 is 4.96. The monoisotopic (exact) mass is 220 g/mol. The van der Waals surface area contributed by atoms with Gasteiger partial charge in [0.25, 0.3) is 0 Å². The Morgan fingerprint density at radius 3 is 2.75 bits per heavy atom. The molecule has 3 heteroatoms. The Kier molecular flexibility index (Phi) is 4.11. The lowest BCUT2D eigenvalue weighted by molar-refractivity contribution is -0.136. The van der Waals surface area contributed by atoms with Gasteiger partial charge in [-0.25, -0.2) is 0 Å². The molecule has 1 N–H and O–H groups in total. The van der Waals surface area contributed by atoms with Crippen LogP contribution in [0.5, 0.6) is 0 Å². The van der Waals surface area contributed by atoms with Gasteiger partial charge in [0.1, 0.15) is 0 Å². The van der Waals surface area contributed by atoms with Crippen molar-refractivity contribution >= 4 is 11.5 Å². The summed E-state index contributed by atoms with van der Waals surface area (Å²) in [6, 6.07) is 5.67. The van der Waals surface area contributed by atoms with Crippen LogP contribution in [0.2, 0.25) is 0 Å². The van der Waals surface area contributed by atoms with Crippen LogP contribution in [0.3, 0.4) is 0 Å². The van der Waals surface area contributed by atoms with E-state index in [0.717, 1.165) is 22.3 Å². The number of allylic oxidation sites excluding steroid dienone is 1. The Hall–Kier alpha value is -1.77. The average Bonchev–Trinajstić information content (AvgIpc) is 2.20. The van der Waals surface area contributed by atoms with E-state index in [2.05, 4.69) is 0 Å². The smallest absolute Gasteiger partial charge is 0.307 e. The molecule has 16 heavy (non-hydrogen) atoms. The second-order valence-corrected chi connectivity index (χ2v) is 3.76.